The molecule has 2 nitrogen and oxygen atoms in total. The third-order valence-electron chi connectivity index (χ3n) is 2.44. The Balaban J connectivity index is 1.84. The van der Waals surface area contributed by atoms with Gasteiger partial charge in [-0.05, 0) is 18.6 Å². The van der Waals surface area contributed by atoms with Crippen LogP contribution in [0.25, 0.3) is 0 Å². The maximum absolute atomic E-state index is 11.8. The summed E-state index contributed by atoms with van der Waals surface area (Å²) in [5, 5.41) is 0. The lowest BCUT2D eigenvalue weighted by molar-refractivity contribution is -0.116. The van der Waals surface area contributed by atoms with Crippen LogP contribution in [0.4, 0.5) is 0 Å². The van der Waals surface area contributed by atoms with E-state index in [9.17, 15) is 4.79 Å². The Morgan fingerprint density at radius 2 is 2.00 bits per heavy atom. The first-order valence-corrected chi connectivity index (χ1v) is 6.47. The number of thioether (sulfide) groups is 1. The molecule has 2 rings (SSSR count). The predicted octanol–water partition coefficient (Wildman–Crippen LogP) is 3.49. The first-order chi connectivity index (χ1) is 8.25. The van der Waals surface area contributed by atoms with Crippen LogP contribution in [0.1, 0.15) is 11.3 Å². The third kappa shape index (κ3) is 3.49. The molecule has 0 fully saturated rings. The first-order valence-electron chi connectivity index (χ1n) is 5.48. The Bertz CT molecular complexity index is 488. The molecule has 0 aliphatic carbocycles. The maximum Gasteiger partial charge on any atom is 0.147 e. The summed E-state index contributed by atoms with van der Waals surface area (Å²) in [6.45, 7) is 1.91. The number of aryl methyl sites for hydroxylation is 1. The van der Waals surface area contributed by atoms with Crippen molar-refractivity contribution in [3.8, 4) is 0 Å². The smallest absolute Gasteiger partial charge is 0.147 e. The molecule has 0 spiro atoms. The van der Waals surface area contributed by atoms with E-state index in [1.165, 1.54) is 11.8 Å². The molecule has 1 heterocycles. The van der Waals surface area contributed by atoms with Crippen LogP contribution in [0.15, 0.2) is 52.0 Å². The molecule has 17 heavy (non-hydrogen) atoms. The van der Waals surface area contributed by atoms with Crippen LogP contribution in [0, 0.1) is 6.92 Å². The van der Waals surface area contributed by atoms with Crippen molar-refractivity contribution in [1.82, 2.24) is 0 Å². The summed E-state index contributed by atoms with van der Waals surface area (Å²) >= 11 is 1.54. The van der Waals surface area contributed by atoms with E-state index in [-0.39, 0.29) is 5.78 Å². The fourth-order valence-electron chi connectivity index (χ4n) is 1.56. The quantitative estimate of drug-likeness (QED) is 0.756. The molecule has 0 aliphatic heterocycles. The standard InChI is InChI=1S/C14H14O2S/c1-11-14(7-8-16-11)17-10-13(15)9-12-5-3-2-4-6-12/h2-8H,9-10H2,1H3. The van der Waals surface area contributed by atoms with Gasteiger partial charge in [0.15, 0.2) is 0 Å². The molecule has 0 saturated heterocycles. The highest BCUT2D eigenvalue weighted by Crippen LogP contribution is 2.23. The van der Waals surface area contributed by atoms with Crippen LogP contribution < -0.4 is 0 Å². The Morgan fingerprint density at radius 3 is 2.65 bits per heavy atom. The van der Waals surface area contributed by atoms with E-state index in [1.807, 2.05) is 43.3 Å². The summed E-state index contributed by atoms with van der Waals surface area (Å²) in [5.74, 6) is 1.61. The van der Waals surface area contributed by atoms with Crippen molar-refractivity contribution in [3.05, 3.63) is 54.0 Å². The topological polar surface area (TPSA) is 30.2 Å². The molecule has 1 aromatic heterocycles. The van der Waals surface area contributed by atoms with E-state index < -0.39 is 0 Å². The van der Waals surface area contributed by atoms with Crippen LogP contribution in [-0.4, -0.2) is 11.5 Å². The van der Waals surface area contributed by atoms with Crippen LogP contribution in [0.3, 0.4) is 0 Å². The van der Waals surface area contributed by atoms with E-state index in [0.717, 1.165) is 16.2 Å². The Morgan fingerprint density at radius 1 is 1.24 bits per heavy atom. The lowest BCUT2D eigenvalue weighted by Gasteiger charge is -2.00. The molecule has 2 aromatic rings. The average Bonchev–Trinajstić information content (AvgIpc) is 2.74. The largest absolute Gasteiger partial charge is 0.468 e. The first kappa shape index (κ1) is 12.0. The minimum Gasteiger partial charge on any atom is -0.468 e. The summed E-state index contributed by atoms with van der Waals surface area (Å²) < 4.78 is 5.18. The molecule has 0 amide bonds. The van der Waals surface area contributed by atoms with Crippen molar-refractivity contribution in [3.63, 3.8) is 0 Å². The summed E-state index contributed by atoms with van der Waals surface area (Å²) in [4.78, 5) is 12.8. The number of furan rings is 1. The predicted molar refractivity (Wildman–Crippen MR) is 69.3 cm³/mol. The highest BCUT2D eigenvalue weighted by molar-refractivity contribution is 8.00. The molecule has 1 aromatic carbocycles. The third-order valence-corrected chi connectivity index (χ3v) is 3.64. The Labute approximate surface area is 105 Å². The van der Waals surface area contributed by atoms with Crippen molar-refractivity contribution >= 4 is 17.5 Å². The minimum atomic E-state index is 0.238. The van der Waals surface area contributed by atoms with Gasteiger partial charge < -0.3 is 4.42 Å². The highest BCUT2D eigenvalue weighted by Gasteiger charge is 2.07. The second kappa shape index (κ2) is 5.73. The number of ketones is 1. The molecule has 0 unspecified atom stereocenters. The van der Waals surface area contributed by atoms with Crippen LogP contribution >= 0.6 is 11.8 Å². The van der Waals surface area contributed by atoms with Gasteiger partial charge in [0.25, 0.3) is 0 Å². The molecule has 0 radical (unpaired) electrons. The number of benzene rings is 1. The van der Waals surface area contributed by atoms with E-state index in [2.05, 4.69) is 0 Å². The molecule has 0 N–H and O–H groups in total. The fourth-order valence-corrected chi connectivity index (χ4v) is 2.38. The van der Waals surface area contributed by atoms with E-state index in [1.54, 1.807) is 6.26 Å². The van der Waals surface area contributed by atoms with Gasteiger partial charge in [-0.15, -0.1) is 11.8 Å². The van der Waals surface area contributed by atoms with Gasteiger partial charge in [0.1, 0.15) is 11.5 Å². The SMILES string of the molecule is Cc1occc1SCC(=O)Cc1ccccc1. The average molecular weight is 246 g/mol. The Kier molecular flexibility index (Phi) is 4.04. The summed E-state index contributed by atoms with van der Waals surface area (Å²) in [6, 6.07) is 11.7. The van der Waals surface area contributed by atoms with Gasteiger partial charge in [-0.25, -0.2) is 0 Å². The van der Waals surface area contributed by atoms with Crippen molar-refractivity contribution in [2.75, 3.05) is 5.75 Å². The van der Waals surface area contributed by atoms with Gasteiger partial charge in [0.05, 0.1) is 12.0 Å². The molecular weight excluding hydrogens is 232 g/mol. The fraction of sp³-hybridized carbons (Fsp3) is 0.214. The minimum absolute atomic E-state index is 0.238. The normalized spacial score (nSPS) is 10.4. The lowest BCUT2D eigenvalue weighted by atomic mass is 10.1. The number of hydrogen-bond donors (Lipinski definition) is 0. The zero-order chi connectivity index (χ0) is 12.1. The summed E-state index contributed by atoms with van der Waals surface area (Å²) in [7, 11) is 0. The van der Waals surface area contributed by atoms with Crippen LogP contribution in [0.5, 0.6) is 0 Å². The van der Waals surface area contributed by atoms with Crippen LogP contribution in [0.2, 0.25) is 0 Å². The maximum atomic E-state index is 11.8. The molecule has 0 saturated carbocycles. The van der Waals surface area contributed by atoms with Crippen molar-refractivity contribution < 1.29 is 9.21 Å². The van der Waals surface area contributed by atoms with E-state index in [4.69, 9.17) is 4.42 Å². The number of rotatable bonds is 5. The molecule has 0 aliphatic rings. The molecular formula is C14H14O2S. The van der Waals surface area contributed by atoms with Crippen molar-refractivity contribution in [1.29, 1.82) is 0 Å². The second-order valence-electron chi connectivity index (χ2n) is 3.83. The zero-order valence-corrected chi connectivity index (χ0v) is 10.5. The number of carbonyl (C=O) groups is 1. The van der Waals surface area contributed by atoms with Gasteiger partial charge in [-0.2, -0.15) is 0 Å². The molecule has 3 heteroatoms. The van der Waals surface area contributed by atoms with Gasteiger partial charge in [0.2, 0.25) is 0 Å². The molecule has 0 atom stereocenters. The highest BCUT2D eigenvalue weighted by atomic mass is 32.2. The van der Waals surface area contributed by atoms with Gasteiger partial charge >= 0.3 is 0 Å². The molecule has 0 bridgehead atoms. The number of Topliss-reactive ketones (excluding diaryl/α,β-unsaturated/α-hetero) is 1. The summed E-state index contributed by atoms with van der Waals surface area (Å²) in [6.07, 6.45) is 2.16. The summed E-state index contributed by atoms with van der Waals surface area (Å²) in [5.41, 5.74) is 1.07. The van der Waals surface area contributed by atoms with Gasteiger partial charge in [-0.1, -0.05) is 30.3 Å². The van der Waals surface area contributed by atoms with Gasteiger partial charge in [0, 0.05) is 11.3 Å². The number of carbonyl (C=O) groups excluding carboxylic acids is 1. The van der Waals surface area contributed by atoms with Crippen LogP contribution in [-0.2, 0) is 11.2 Å². The lowest BCUT2D eigenvalue weighted by Crippen LogP contribution is -2.05. The zero-order valence-electron chi connectivity index (χ0n) is 9.68. The Hall–Kier alpha value is -1.48. The second-order valence-corrected chi connectivity index (χ2v) is 4.85. The monoisotopic (exact) mass is 246 g/mol. The van der Waals surface area contributed by atoms with E-state index >= 15 is 0 Å². The van der Waals surface area contributed by atoms with E-state index in [0.29, 0.717) is 12.2 Å². The van der Waals surface area contributed by atoms with Crippen molar-refractivity contribution in [2.24, 2.45) is 0 Å². The molecule has 88 valence electrons. The van der Waals surface area contributed by atoms with Gasteiger partial charge in [-0.3, -0.25) is 4.79 Å². The van der Waals surface area contributed by atoms with Crippen molar-refractivity contribution in [2.45, 2.75) is 18.2 Å². The number of hydrogen-bond acceptors (Lipinski definition) is 3.